The van der Waals surface area contributed by atoms with Gasteiger partial charge in [0.05, 0.1) is 11.2 Å². The number of allylic oxidation sites excluding steroid dienone is 1. The Balaban J connectivity index is 2.30. The number of ether oxygens (including phenoxy) is 1. The van der Waals surface area contributed by atoms with Gasteiger partial charge in [-0.25, -0.2) is 4.79 Å². The number of carbonyl (C=O) groups is 1. The van der Waals surface area contributed by atoms with Crippen molar-refractivity contribution in [3.63, 3.8) is 0 Å². The molecule has 1 saturated heterocycles. The molecule has 132 valence electrons. The monoisotopic (exact) mass is 325 g/mol. The zero-order chi connectivity index (χ0) is 17.9. The van der Waals surface area contributed by atoms with Crippen LogP contribution in [0.1, 0.15) is 68.2 Å². The van der Waals surface area contributed by atoms with Crippen LogP contribution in [0.15, 0.2) is 12.1 Å². The molecule has 1 atom stereocenters. The number of nitrogens with one attached hydrogen (secondary N) is 1. The Morgan fingerprint density at radius 1 is 1.22 bits per heavy atom. The predicted molar refractivity (Wildman–Crippen MR) is 93.3 cm³/mol. The third-order valence-electron chi connectivity index (χ3n) is 4.09. The standard InChI is InChI=1S/C17H32BNO4/c1-13(19-14(20)21-15(2,3)4)11-9-10-12-18-22-16(5,6)17(7,8)23-18/h10,12-13H,9,11H2,1-8H3,(H,19,20)/b12-10+/t13-/m1/s1. The summed E-state index contributed by atoms with van der Waals surface area (Å²) < 4.78 is 17.0. The first kappa shape index (κ1) is 20.0. The quantitative estimate of drug-likeness (QED) is 0.780. The maximum Gasteiger partial charge on any atom is 0.486 e. The molecule has 6 heteroatoms. The number of amides is 1. The Bertz CT molecular complexity index is 424. The summed E-state index contributed by atoms with van der Waals surface area (Å²) in [5, 5.41) is 2.83. The molecule has 1 aliphatic heterocycles. The molecule has 0 spiro atoms. The van der Waals surface area contributed by atoms with Crippen molar-refractivity contribution in [1.29, 1.82) is 0 Å². The van der Waals surface area contributed by atoms with Crippen molar-refractivity contribution in [2.24, 2.45) is 0 Å². The first-order valence-electron chi connectivity index (χ1n) is 8.34. The minimum Gasteiger partial charge on any atom is -0.444 e. The van der Waals surface area contributed by atoms with Gasteiger partial charge in [0.2, 0.25) is 0 Å². The zero-order valence-electron chi connectivity index (χ0n) is 15.9. The number of alkyl carbamates (subject to hydrolysis) is 1. The van der Waals surface area contributed by atoms with E-state index in [1.165, 1.54) is 0 Å². The van der Waals surface area contributed by atoms with E-state index in [1.807, 2.05) is 67.4 Å². The van der Waals surface area contributed by atoms with Gasteiger partial charge < -0.3 is 19.4 Å². The average Bonchev–Trinajstić information content (AvgIpc) is 2.50. The van der Waals surface area contributed by atoms with E-state index in [-0.39, 0.29) is 30.5 Å². The van der Waals surface area contributed by atoms with Gasteiger partial charge in [0, 0.05) is 6.04 Å². The third kappa shape index (κ3) is 6.55. The van der Waals surface area contributed by atoms with Gasteiger partial charge in [-0.1, -0.05) is 12.1 Å². The van der Waals surface area contributed by atoms with Crippen LogP contribution >= 0.6 is 0 Å². The largest absolute Gasteiger partial charge is 0.486 e. The van der Waals surface area contributed by atoms with Crippen molar-refractivity contribution in [3.8, 4) is 0 Å². The molecular formula is C17H32BNO4. The van der Waals surface area contributed by atoms with Crippen LogP contribution in [0.5, 0.6) is 0 Å². The highest BCUT2D eigenvalue weighted by atomic mass is 16.7. The summed E-state index contributed by atoms with van der Waals surface area (Å²) in [5.74, 6) is 1.94. The second kappa shape index (κ2) is 7.26. The molecule has 5 nitrogen and oxygen atoms in total. The molecule has 0 saturated carbocycles. The summed E-state index contributed by atoms with van der Waals surface area (Å²) in [4.78, 5) is 11.7. The van der Waals surface area contributed by atoms with E-state index in [1.54, 1.807) is 0 Å². The summed E-state index contributed by atoms with van der Waals surface area (Å²) in [5.41, 5.74) is -1.10. The van der Waals surface area contributed by atoms with Crippen molar-refractivity contribution in [2.75, 3.05) is 0 Å². The number of rotatable bonds is 5. The van der Waals surface area contributed by atoms with Gasteiger partial charge in [0.1, 0.15) is 5.60 Å². The molecular weight excluding hydrogens is 293 g/mol. The average molecular weight is 325 g/mol. The lowest BCUT2D eigenvalue weighted by Gasteiger charge is -2.32. The Morgan fingerprint density at radius 2 is 1.74 bits per heavy atom. The van der Waals surface area contributed by atoms with Crippen molar-refractivity contribution in [1.82, 2.24) is 5.32 Å². The van der Waals surface area contributed by atoms with Crippen LogP contribution < -0.4 is 5.32 Å². The van der Waals surface area contributed by atoms with E-state index in [4.69, 9.17) is 14.0 Å². The molecule has 0 aromatic carbocycles. The van der Waals surface area contributed by atoms with Crippen molar-refractivity contribution >= 4 is 13.2 Å². The number of hydrogen-bond donors (Lipinski definition) is 1. The lowest BCUT2D eigenvalue weighted by atomic mass is 9.89. The molecule has 1 N–H and O–H groups in total. The van der Waals surface area contributed by atoms with E-state index in [0.29, 0.717) is 0 Å². The molecule has 0 aromatic rings. The number of hydrogen-bond acceptors (Lipinski definition) is 4. The molecule has 1 amide bonds. The highest BCUT2D eigenvalue weighted by molar-refractivity contribution is 6.51. The minimum absolute atomic E-state index is 0.0489. The SMILES string of the molecule is C[C@H](CC/C=C/B1OC(C)(C)C(C)(C)O1)NC(=O)OC(C)(C)C. The van der Waals surface area contributed by atoms with Gasteiger partial charge in [0.15, 0.2) is 0 Å². The Labute approximate surface area is 141 Å². The van der Waals surface area contributed by atoms with Crippen LogP contribution in [0.4, 0.5) is 4.79 Å². The highest BCUT2D eigenvalue weighted by Gasteiger charge is 2.49. The normalized spacial score (nSPS) is 21.5. The highest BCUT2D eigenvalue weighted by Crippen LogP contribution is 2.36. The predicted octanol–water partition coefficient (Wildman–Crippen LogP) is 3.87. The number of carbonyl (C=O) groups excluding carboxylic acids is 1. The molecule has 0 radical (unpaired) electrons. The van der Waals surface area contributed by atoms with Crippen molar-refractivity contribution < 1.29 is 18.8 Å². The Morgan fingerprint density at radius 3 is 2.22 bits per heavy atom. The minimum atomic E-state index is -0.472. The molecule has 1 heterocycles. The van der Waals surface area contributed by atoms with Gasteiger partial charge in [0.25, 0.3) is 0 Å². The molecule has 1 rings (SSSR count). The van der Waals surface area contributed by atoms with E-state index in [9.17, 15) is 4.79 Å². The summed E-state index contributed by atoms with van der Waals surface area (Å²) in [6.45, 7) is 15.7. The second-order valence-corrected chi connectivity index (χ2v) is 8.18. The maximum atomic E-state index is 11.7. The van der Waals surface area contributed by atoms with E-state index in [0.717, 1.165) is 12.8 Å². The first-order valence-corrected chi connectivity index (χ1v) is 8.34. The Kier molecular flexibility index (Phi) is 6.33. The zero-order valence-corrected chi connectivity index (χ0v) is 15.9. The van der Waals surface area contributed by atoms with Crippen LogP contribution in [0.25, 0.3) is 0 Å². The van der Waals surface area contributed by atoms with E-state index in [2.05, 4.69) is 5.32 Å². The van der Waals surface area contributed by atoms with Crippen LogP contribution in [0.3, 0.4) is 0 Å². The van der Waals surface area contributed by atoms with E-state index >= 15 is 0 Å². The molecule has 0 unspecified atom stereocenters. The summed E-state index contributed by atoms with van der Waals surface area (Å²) in [6.07, 6.45) is 3.33. The van der Waals surface area contributed by atoms with Gasteiger partial charge in [-0.2, -0.15) is 0 Å². The van der Waals surface area contributed by atoms with Gasteiger partial charge in [-0.3, -0.25) is 0 Å². The topological polar surface area (TPSA) is 56.8 Å². The van der Waals surface area contributed by atoms with Gasteiger partial charge in [-0.05, 0) is 68.2 Å². The van der Waals surface area contributed by atoms with E-state index < -0.39 is 5.60 Å². The lowest BCUT2D eigenvalue weighted by molar-refractivity contribution is 0.00578. The molecule has 0 aliphatic carbocycles. The molecule has 1 aliphatic rings. The smallest absolute Gasteiger partial charge is 0.444 e. The third-order valence-corrected chi connectivity index (χ3v) is 4.09. The maximum absolute atomic E-state index is 11.7. The fourth-order valence-electron chi connectivity index (χ4n) is 2.10. The summed E-state index contributed by atoms with van der Waals surface area (Å²) in [7, 11) is -0.311. The lowest BCUT2D eigenvalue weighted by Crippen LogP contribution is -2.41. The van der Waals surface area contributed by atoms with Gasteiger partial charge >= 0.3 is 13.2 Å². The van der Waals surface area contributed by atoms with Gasteiger partial charge in [-0.15, -0.1) is 0 Å². The fraction of sp³-hybridized carbons (Fsp3) is 0.824. The fourth-order valence-corrected chi connectivity index (χ4v) is 2.10. The molecule has 0 aromatic heterocycles. The van der Waals surface area contributed by atoms with Crippen LogP contribution in [0, 0.1) is 0 Å². The van der Waals surface area contributed by atoms with Crippen LogP contribution in [-0.2, 0) is 14.0 Å². The van der Waals surface area contributed by atoms with Crippen LogP contribution in [-0.4, -0.2) is 36.1 Å². The summed E-state index contributed by atoms with van der Waals surface area (Å²) >= 11 is 0. The molecule has 0 bridgehead atoms. The summed E-state index contributed by atoms with van der Waals surface area (Å²) in [6, 6.07) is 0.0489. The first-order chi connectivity index (χ1) is 10.3. The molecule has 23 heavy (non-hydrogen) atoms. The Hall–Kier alpha value is -1.01. The van der Waals surface area contributed by atoms with Crippen molar-refractivity contribution in [2.45, 2.75) is 91.1 Å². The molecule has 1 fully saturated rings. The van der Waals surface area contributed by atoms with Crippen LogP contribution in [0.2, 0.25) is 0 Å². The second-order valence-electron chi connectivity index (χ2n) is 8.18. The van der Waals surface area contributed by atoms with Crippen molar-refractivity contribution in [3.05, 3.63) is 12.1 Å².